The second kappa shape index (κ2) is 9.58. The second-order valence-corrected chi connectivity index (χ2v) is 8.62. The number of nitrogens with one attached hydrogen (secondary N) is 2. The number of amides is 2. The van der Waals surface area contributed by atoms with Crippen molar-refractivity contribution in [3.8, 4) is 0 Å². The number of benzene rings is 1. The van der Waals surface area contributed by atoms with Gasteiger partial charge >= 0.3 is 0 Å². The van der Waals surface area contributed by atoms with Crippen molar-refractivity contribution in [2.45, 2.75) is 52.2 Å². The molecule has 7 nitrogen and oxygen atoms in total. The number of aliphatic hydroxyl groups excluding tert-OH is 1. The van der Waals surface area contributed by atoms with Gasteiger partial charge < -0.3 is 25.5 Å². The van der Waals surface area contributed by atoms with Crippen LogP contribution in [-0.4, -0.2) is 58.4 Å². The van der Waals surface area contributed by atoms with E-state index in [0.717, 1.165) is 12.1 Å². The van der Waals surface area contributed by atoms with Gasteiger partial charge in [0.25, 0.3) is 11.8 Å². The lowest BCUT2D eigenvalue weighted by Gasteiger charge is -2.43. The minimum absolute atomic E-state index is 0.0747. The van der Waals surface area contributed by atoms with E-state index < -0.39 is 17.5 Å². The Balaban J connectivity index is 1.77. The van der Waals surface area contributed by atoms with E-state index in [2.05, 4.69) is 10.6 Å². The third-order valence-electron chi connectivity index (χ3n) is 6.55. The SMILES string of the molecule is CC/C=C1/C(O)=C2C(=O)N(CC)CC3CC(NCC)C(=C1C(=O)NCc1ccc(F)cc1F)N23. The molecule has 0 bridgehead atoms. The third kappa shape index (κ3) is 3.98. The predicted octanol–water partition coefficient (Wildman–Crippen LogP) is 2.87. The molecule has 0 aromatic heterocycles. The Morgan fingerprint density at radius 2 is 2.03 bits per heavy atom. The highest BCUT2D eigenvalue weighted by molar-refractivity contribution is 6.04. The molecule has 0 saturated carbocycles. The van der Waals surface area contributed by atoms with E-state index in [1.807, 2.05) is 25.7 Å². The molecule has 3 N–H and O–H groups in total. The Bertz CT molecular complexity index is 1110. The van der Waals surface area contributed by atoms with Gasteiger partial charge in [-0.25, -0.2) is 8.78 Å². The zero-order chi connectivity index (χ0) is 24.6. The summed E-state index contributed by atoms with van der Waals surface area (Å²) in [7, 11) is 0. The molecule has 2 fully saturated rings. The molecule has 2 unspecified atom stereocenters. The standard InChI is InChI=1S/C25H30F2N4O3/c1-4-7-17-20(24(33)29-12-14-8-9-15(26)10-18(14)27)21-19(28-5-2)11-16-13-30(6-3)25(34)22(23(17)32)31(16)21/h7-10,16,19,28,32H,4-6,11-13H2,1-3H3,(H,29,33)/b17-7+. The van der Waals surface area contributed by atoms with Crippen molar-refractivity contribution in [1.82, 2.24) is 20.4 Å². The zero-order valence-electron chi connectivity index (χ0n) is 19.6. The van der Waals surface area contributed by atoms with E-state index >= 15 is 0 Å². The molecule has 3 aliphatic rings. The fraction of sp³-hybridized carbons (Fsp3) is 0.440. The summed E-state index contributed by atoms with van der Waals surface area (Å²) in [6.45, 7) is 7.29. The molecular weight excluding hydrogens is 442 g/mol. The van der Waals surface area contributed by atoms with Crippen LogP contribution in [0.3, 0.4) is 0 Å². The molecule has 3 aliphatic heterocycles. The van der Waals surface area contributed by atoms with Gasteiger partial charge in [-0.15, -0.1) is 0 Å². The van der Waals surface area contributed by atoms with Gasteiger partial charge in [0, 0.05) is 42.5 Å². The normalized spacial score (nSPS) is 23.2. The molecule has 0 spiro atoms. The third-order valence-corrected chi connectivity index (χ3v) is 6.55. The van der Waals surface area contributed by atoms with Gasteiger partial charge in [-0.05, 0) is 32.4 Å². The molecule has 4 rings (SSSR count). The second-order valence-electron chi connectivity index (χ2n) is 8.62. The van der Waals surface area contributed by atoms with Crippen LogP contribution in [0.25, 0.3) is 0 Å². The predicted molar refractivity (Wildman–Crippen MR) is 123 cm³/mol. The summed E-state index contributed by atoms with van der Waals surface area (Å²) in [5.41, 5.74) is 1.58. The van der Waals surface area contributed by atoms with Crippen LogP contribution < -0.4 is 10.6 Å². The summed E-state index contributed by atoms with van der Waals surface area (Å²) in [6.07, 6.45) is 2.94. The number of likely N-dealkylation sites (N-methyl/N-ethyl adjacent to an activating group) is 2. The average molecular weight is 473 g/mol. The molecule has 34 heavy (non-hydrogen) atoms. The maximum atomic E-state index is 14.1. The smallest absolute Gasteiger partial charge is 0.274 e. The first kappa shape index (κ1) is 23.9. The van der Waals surface area contributed by atoms with E-state index in [1.54, 1.807) is 11.0 Å². The zero-order valence-corrected chi connectivity index (χ0v) is 19.6. The maximum Gasteiger partial charge on any atom is 0.274 e. The molecule has 3 heterocycles. The number of hydrogen-bond donors (Lipinski definition) is 3. The molecule has 2 amide bonds. The molecular formula is C25H30F2N4O3. The number of carbonyl (C=O) groups excluding carboxylic acids is 2. The van der Waals surface area contributed by atoms with Crippen LogP contribution in [0.15, 0.2) is 52.6 Å². The minimum Gasteiger partial charge on any atom is -0.505 e. The molecule has 2 saturated heterocycles. The van der Waals surface area contributed by atoms with E-state index in [0.29, 0.717) is 43.7 Å². The highest BCUT2D eigenvalue weighted by Gasteiger charge is 2.51. The van der Waals surface area contributed by atoms with Gasteiger partial charge in [0.05, 0.1) is 17.7 Å². The van der Waals surface area contributed by atoms with E-state index in [1.165, 1.54) is 6.07 Å². The van der Waals surface area contributed by atoms with Gasteiger partial charge in [-0.1, -0.05) is 26.0 Å². The summed E-state index contributed by atoms with van der Waals surface area (Å²) in [5, 5.41) is 17.4. The van der Waals surface area contributed by atoms with Gasteiger partial charge in [-0.2, -0.15) is 0 Å². The first-order valence-electron chi connectivity index (χ1n) is 11.7. The van der Waals surface area contributed by atoms with Crippen LogP contribution in [0.2, 0.25) is 0 Å². The monoisotopic (exact) mass is 472 g/mol. The minimum atomic E-state index is -0.747. The Kier molecular flexibility index (Phi) is 6.74. The van der Waals surface area contributed by atoms with Crippen LogP contribution in [0.4, 0.5) is 8.78 Å². The number of nitrogens with zero attached hydrogens (tertiary/aromatic N) is 2. The van der Waals surface area contributed by atoms with Crippen LogP contribution >= 0.6 is 0 Å². The van der Waals surface area contributed by atoms with E-state index in [9.17, 15) is 23.5 Å². The Labute approximate surface area is 197 Å². The highest BCUT2D eigenvalue weighted by Crippen LogP contribution is 2.45. The first-order valence-corrected chi connectivity index (χ1v) is 11.7. The van der Waals surface area contributed by atoms with Crippen molar-refractivity contribution < 1.29 is 23.5 Å². The summed E-state index contributed by atoms with van der Waals surface area (Å²) in [5.74, 6) is -2.40. The molecule has 182 valence electrons. The molecule has 9 heteroatoms. The average Bonchev–Trinajstić information content (AvgIpc) is 3.15. The first-order chi connectivity index (χ1) is 16.3. The van der Waals surface area contributed by atoms with Crippen LogP contribution in [0.5, 0.6) is 0 Å². The van der Waals surface area contributed by atoms with Crippen molar-refractivity contribution in [2.75, 3.05) is 19.6 Å². The van der Waals surface area contributed by atoms with Crippen molar-refractivity contribution in [3.05, 3.63) is 69.8 Å². The van der Waals surface area contributed by atoms with Crippen LogP contribution in [0.1, 0.15) is 39.2 Å². The summed E-state index contributed by atoms with van der Waals surface area (Å²) < 4.78 is 27.4. The lowest BCUT2D eigenvalue weighted by atomic mass is 9.91. The molecule has 1 aromatic carbocycles. The molecule has 0 radical (unpaired) electrons. The van der Waals surface area contributed by atoms with Gasteiger partial charge in [0.2, 0.25) is 0 Å². The fourth-order valence-corrected chi connectivity index (χ4v) is 5.07. The summed E-state index contributed by atoms with van der Waals surface area (Å²) >= 11 is 0. The maximum absolute atomic E-state index is 14.1. The quantitative estimate of drug-likeness (QED) is 0.568. The fourth-order valence-electron chi connectivity index (χ4n) is 5.07. The Hall–Kier alpha value is -3.20. The van der Waals surface area contributed by atoms with Crippen molar-refractivity contribution in [1.29, 1.82) is 0 Å². The number of hydrogen-bond acceptors (Lipinski definition) is 5. The van der Waals surface area contributed by atoms with Crippen LogP contribution in [0, 0.1) is 11.6 Å². The number of aliphatic hydroxyl groups is 1. The van der Waals surface area contributed by atoms with Gasteiger partial charge in [0.15, 0.2) is 11.5 Å². The Morgan fingerprint density at radius 3 is 2.68 bits per heavy atom. The topological polar surface area (TPSA) is 84.9 Å². The largest absolute Gasteiger partial charge is 0.505 e. The number of halogens is 2. The molecule has 0 aliphatic carbocycles. The number of piperazine rings is 1. The van der Waals surface area contributed by atoms with E-state index in [4.69, 9.17) is 0 Å². The van der Waals surface area contributed by atoms with E-state index in [-0.39, 0.29) is 47.1 Å². The number of carbonyl (C=O) groups is 2. The molecule has 2 atom stereocenters. The molecule has 1 aromatic rings. The van der Waals surface area contributed by atoms with Gasteiger partial charge in [0.1, 0.15) is 11.6 Å². The highest BCUT2D eigenvalue weighted by atomic mass is 19.1. The lowest BCUT2D eigenvalue weighted by molar-refractivity contribution is -0.132. The van der Waals surface area contributed by atoms with Crippen LogP contribution in [-0.2, 0) is 16.1 Å². The van der Waals surface area contributed by atoms with Crippen molar-refractivity contribution in [3.63, 3.8) is 0 Å². The number of rotatable bonds is 7. The summed E-state index contributed by atoms with van der Waals surface area (Å²) in [6, 6.07) is 2.94. The lowest BCUT2D eigenvalue weighted by Crippen LogP contribution is -2.53. The Morgan fingerprint density at radius 1 is 1.26 bits per heavy atom. The van der Waals surface area contributed by atoms with Crippen molar-refractivity contribution >= 4 is 11.8 Å². The summed E-state index contributed by atoms with van der Waals surface area (Å²) in [4.78, 5) is 30.2. The van der Waals surface area contributed by atoms with Gasteiger partial charge in [-0.3, -0.25) is 9.59 Å². The van der Waals surface area contributed by atoms with Crippen molar-refractivity contribution in [2.24, 2.45) is 0 Å². The number of allylic oxidation sites excluding steroid dienone is 2.